The van der Waals surface area contributed by atoms with Crippen LogP contribution in [0.25, 0.3) is 55.8 Å². The molecule has 67 heavy (non-hydrogen) atoms. The third-order valence-electron chi connectivity index (χ3n) is 13.1. The highest BCUT2D eigenvalue weighted by Crippen LogP contribution is 2.46. The lowest BCUT2D eigenvalue weighted by Crippen LogP contribution is -2.18. The van der Waals surface area contributed by atoms with Crippen LogP contribution in [0.1, 0.15) is 61.6 Å². The van der Waals surface area contributed by atoms with E-state index in [0.717, 1.165) is 61.1 Å². The molecule has 0 N–H and O–H groups in total. The van der Waals surface area contributed by atoms with Gasteiger partial charge in [0.2, 0.25) is 5.95 Å². The number of hydrogen-bond acceptors (Lipinski definition) is 4. The number of rotatable bonds is 10. The molecule has 9 aromatic carbocycles. The first kappa shape index (κ1) is 43.0. The van der Waals surface area contributed by atoms with Crippen molar-refractivity contribution in [2.45, 2.75) is 54.4 Å². The van der Waals surface area contributed by atoms with Crippen molar-refractivity contribution in [1.29, 1.82) is 0 Å². The molecule has 0 fully saturated rings. The maximum absolute atomic E-state index is 5.54. The number of benzene rings is 9. The van der Waals surface area contributed by atoms with Crippen molar-refractivity contribution in [2.75, 3.05) is 4.90 Å². The maximum atomic E-state index is 5.54. The van der Waals surface area contributed by atoms with Crippen LogP contribution in [0.2, 0.25) is 0 Å². The fraction of sp³-hybridized carbons (Fsp3) is 0.127. The van der Waals surface area contributed by atoms with E-state index in [-0.39, 0.29) is 5.92 Å². The van der Waals surface area contributed by atoms with Gasteiger partial charge in [0.25, 0.3) is 0 Å². The average molecular weight is 867 g/mol. The zero-order chi connectivity index (χ0) is 46.2. The third kappa shape index (κ3) is 8.43. The molecule has 0 aliphatic rings. The zero-order valence-electron chi connectivity index (χ0n) is 39.3. The molecule has 0 aliphatic heterocycles. The molecule has 0 aliphatic carbocycles. The van der Waals surface area contributed by atoms with Crippen molar-refractivity contribution >= 4 is 28.1 Å². The molecule has 10 aromatic rings. The number of nitrogens with zero attached hydrogens (tertiary/aromatic N) is 4. The molecule has 10 rings (SSSR count). The van der Waals surface area contributed by atoms with Crippen LogP contribution >= 0.6 is 0 Å². The molecule has 0 atom stereocenters. The van der Waals surface area contributed by atoms with E-state index in [2.05, 4.69) is 229 Å². The smallest absolute Gasteiger partial charge is 0.238 e. The number of aromatic nitrogens is 3. The lowest BCUT2D eigenvalue weighted by molar-refractivity contribution is 0.916. The van der Waals surface area contributed by atoms with Gasteiger partial charge in [-0.3, -0.25) is 4.90 Å². The monoisotopic (exact) mass is 866 g/mol. The quantitative estimate of drug-likeness (QED) is 0.128. The molecule has 326 valence electrons. The van der Waals surface area contributed by atoms with Gasteiger partial charge in [0.05, 0.1) is 11.4 Å². The highest BCUT2D eigenvalue weighted by Gasteiger charge is 2.28. The average Bonchev–Trinajstić information content (AvgIpc) is 3.34. The number of hydrogen-bond donors (Lipinski definition) is 0. The Bertz CT molecular complexity index is 3330. The standard InChI is InChI=1S/C63H54N4/c1-40-33-43(4)58(44(5)34-40)60(59-45(6)35-41(2)36-46(59)7)52-31-32-56(42(3)37-52)67(57-39-51-28-18-17-27-50(51)38-55(57)48-23-13-9-14-24-48)63-65-61(49-25-15-10-16-26-49)64-62(66-63)54-30-20-19-29-53(54)47-21-11-8-12-22-47/h8-39,60H,1-7H3. The fourth-order valence-electron chi connectivity index (χ4n) is 10.3. The molecular weight excluding hydrogens is 813 g/mol. The van der Waals surface area contributed by atoms with E-state index in [0.29, 0.717) is 17.6 Å². The summed E-state index contributed by atoms with van der Waals surface area (Å²) in [6, 6.07) is 69.4. The molecule has 4 heteroatoms. The van der Waals surface area contributed by atoms with Gasteiger partial charge in [-0.25, -0.2) is 4.98 Å². The van der Waals surface area contributed by atoms with Gasteiger partial charge in [-0.15, -0.1) is 0 Å². The largest absolute Gasteiger partial charge is 0.278 e. The van der Waals surface area contributed by atoms with Gasteiger partial charge in [-0.2, -0.15) is 9.97 Å². The van der Waals surface area contributed by atoms with Crippen LogP contribution in [0.15, 0.2) is 194 Å². The second-order valence-corrected chi connectivity index (χ2v) is 18.1. The molecular formula is C63H54N4. The summed E-state index contributed by atoms with van der Waals surface area (Å²) in [5.41, 5.74) is 20.9. The zero-order valence-corrected chi connectivity index (χ0v) is 39.3. The van der Waals surface area contributed by atoms with E-state index in [1.165, 1.54) is 50.1 Å². The van der Waals surface area contributed by atoms with Crippen molar-refractivity contribution in [3.05, 3.63) is 250 Å². The summed E-state index contributed by atoms with van der Waals surface area (Å²) in [7, 11) is 0. The van der Waals surface area contributed by atoms with E-state index in [1.54, 1.807) is 0 Å². The van der Waals surface area contributed by atoms with Crippen LogP contribution in [0, 0.1) is 48.5 Å². The molecule has 4 nitrogen and oxygen atoms in total. The summed E-state index contributed by atoms with van der Waals surface area (Å²) in [5.74, 6) is 1.74. The Labute approximate surface area is 395 Å². The van der Waals surface area contributed by atoms with Crippen molar-refractivity contribution in [3.63, 3.8) is 0 Å². The number of aryl methyl sites for hydroxylation is 7. The van der Waals surface area contributed by atoms with Crippen molar-refractivity contribution in [3.8, 4) is 45.0 Å². The van der Waals surface area contributed by atoms with Gasteiger partial charge < -0.3 is 0 Å². The minimum Gasteiger partial charge on any atom is -0.278 e. The topological polar surface area (TPSA) is 41.9 Å². The molecule has 1 aromatic heterocycles. The lowest BCUT2D eigenvalue weighted by Gasteiger charge is -2.30. The fourth-order valence-corrected chi connectivity index (χ4v) is 10.3. The van der Waals surface area contributed by atoms with Gasteiger partial charge in [-0.05, 0) is 139 Å². The summed E-state index contributed by atoms with van der Waals surface area (Å²) >= 11 is 0. The molecule has 0 bridgehead atoms. The maximum Gasteiger partial charge on any atom is 0.238 e. The van der Waals surface area contributed by atoms with E-state index < -0.39 is 0 Å². The molecule has 0 radical (unpaired) electrons. The van der Waals surface area contributed by atoms with Gasteiger partial charge in [0, 0.05) is 22.6 Å². The molecule has 1 heterocycles. The molecule has 0 saturated heterocycles. The highest BCUT2D eigenvalue weighted by molar-refractivity contribution is 5.98. The van der Waals surface area contributed by atoms with Crippen LogP contribution in [-0.2, 0) is 0 Å². The Morgan fingerprint density at radius 1 is 0.343 bits per heavy atom. The Morgan fingerprint density at radius 2 is 0.806 bits per heavy atom. The number of anilines is 3. The van der Waals surface area contributed by atoms with Crippen molar-refractivity contribution < 1.29 is 0 Å². The van der Waals surface area contributed by atoms with E-state index in [1.807, 2.05) is 18.2 Å². The summed E-state index contributed by atoms with van der Waals surface area (Å²) in [5, 5.41) is 2.28. The van der Waals surface area contributed by atoms with Crippen LogP contribution in [0.4, 0.5) is 17.3 Å². The molecule has 0 unspecified atom stereocenters. The van der Waals surface area contributed by atoms with Crippen LogP contribution in [0.3, 0.4) is 0 Å². The van der Waals surface area contributed by atoms with Crippen LogP contribution in [0.5, 0.6) is 0 Å². The van der Waals surface area contributed by atoms with E-state index in [9.17, 15) is 0 Å². The van der Waals surface area contributed by atoms with Gasteiger partial charge in [0.1, 0.15) is 0 Å². The minimum absolute atomic E-state index is 0.0193. The Kier molecular flexibility index (Phi) is 11.6. The Morgan fingerprint density at radius 3 is 1.36 bits per heavy atom. The van der Waals surface area contributed by atoms with Crippen LogP contribution in [-0.4, -0.2) is 15.0 Å². The Balaban J connectivity index is 1.27. The summed E-state index contributed by atoms with van der Waals surface area (Å²) in [6.07, 6.45) is 0. The SMILES string of the molecule is Cc1cc(C)c(C(c2ccc(N(c3nc(-c4ccccc4)nc(-c4ccccc4-c4ccccc4)n3)c3cc4ccccc4cc3-c3ccccc3)c(C)c2)c2c(C)cc(C)cc2C)c(C)c1. The van der Waals surface area contributed by atoms with Crippen molar-refractivity contribution in [2.24, 2.45) is 0 Å². The number of fused-ring (bicyclic) bond motifs is 1. The van der Waals surface area contributed by atoms with Gasteiger partial charge >= 0.3 is 0 Å². The lowest BCUT2D eigenvalue weighted by atomic mass is 9.76. The first-order valence-electron chi connectivity index (χ1n) is 23.2. The highest BCUT2D eigenvalue weighted by atomic mass is 15.3. The first-order valence-corrected chi connectivity index (χ1v) is 23.2. The van der Waals surface area contributed by atoms with E-state index in [4.69, 9.17) is 15.0 Å². The molecule has 0 spiro atoms. The molecule has 0 saturated carbocycles. The first-order chi connectivity index (χ1) is 32.6. The second kappa shape index (κ2) is 18.1. The van der Waals surface area contributed by atoms with Crippen LogP contribution < -0.4 is 4.90 Å². The summed E-state index contributed by atoms with van der Waals surface area (Å²) in [6.45, 7) is 15.7. The molecule has 0 amide bonds. The summed E-state index contributed by atoms with van der Waals surface area (Å²) < 4.78 is 0. The predicted molar refractivity (Wildman–Crippen MR) is 281 cm³/mol. The van der Waals surface area contributed by atoms with E-state index >= 15 is 0 Å². The van der Waals surface area contributed by atoms with Gasteiger partial charge in [-0.1, -0.05) is 187 Å². The predicted octanol–water partition coefficient (Wildman–Crippen LogP) is 16.5. The van der Waals surface area contributed by atoms with Gasteiger partial charge in [0.15, 0.2) is 11.6 Å². The third-order valence-corrected chi connectivity index (χ3v) is 13.1. The normalized spacial score (nSPS) is 11.3. The Hall–Kier alpha value is -7.95. The minimum atomic E-state index is 0.0193. The summed E-state index contributed by atoms with van der Waals surface area (Å²) in [4.78, 5) is 18.6. The second-order valence-electron chi connectivity index (χ2n) is 18.1. The van der Waals surface area contributed by atoms with Crippen molar-refractivity contribution in [1.82, 2.24) is 15.0 Å².